The van der Waals surface area contributed by atoms with Crippen LogP contribution >= 0.6 is 0 Å². The first-order valence-electron chi connectivity index (χ1n) is 8.14. The largest absolute Gasteiger partial charge is 0.493 e. The summed E-state index contributed by atoms with van der Waals surface area (Å²) in [4.78, 5) is 4.40. The van der Waals surface area contributed by atoms with Crippen molar-refractivity contribution in [1.29, 1.82) is 0 Å². The molecule has 2 aliphatic rings. The number of hydrogen-bond acceptors (Lipinski definition) is 3. The van der Waals surface area contributed by atoms with Gasteiger partial charge < -0.3 is 20.5 Å². The fraction of sp³-hybridized carbons (Fsp3) is 0.588. The van der Waals surface area contributed by atoms with E-state index in [4.69, 9.17) is 15.2 Å². The van der Waals surface area contributed by atoms with Gasteiger partial charge in [0.2, 0.25) is 0 Å². The molecule has 1 fully saturated rings. The van der Waals surface area contributed by atoms with Gasteiger partial charge in [-0.2, -0.15) is 0 Å². The van der Waals surface area contributed by atoms with E-state index in [0.29, 0.717) is 45.2 Å². The van der Waals surface area contributed by atoms with E-state index < -0.39 is 5.41 Å². The van der Waals surface area contributed by atoms with Crippen LogP contribution in [0.15, 0.2) is 29.3 Å². The molecule has 0 aromatic heterocycles. The monoisotopic (exact) mass is 321 g/mol. The summed E-state index contributed by atoms with van der Waals surface area (Å²) in [5.74, 6) is 1.25. The molecule has 1 atom stereocenters. The number of benzene rings is 1. The first kappa shape index (κ1) is 16.1. The topological polar surface area (TPSA) is 68.9 Å². The van der Waals surface area contributed by atoms with Crippen molar-refractivity contribution < 1.29 is 13.9 Å². The van der Waals surface area contributed by atoms with Crippen molar-refractivity contribution in [3.8, 4) is 5.75 Å². The van der Waals surface area contributed by atoms with Crippen LogP contribution in [0.2, 0.25) is 0 Å². The number of fused-ring (bicyclic) bond motifs is 1. The Hall–Kier alpha value is -1.82. The molecule has 0 saturated carbocycles. The number of para-hydroxylation sites is 1. The number of nitrogens with one attached hydrogen (secondary N) is 1. The van der Waals surface area contributed by atoms with Crippen LogP contribution in [0.5, 0.6) is 5.75 Å². The zero-order valence-electron chi connectivity index (χ0n) is 13.3. The number of guanidine groups is 1. The van der Waals surface area contributed by atoms with E-state index in [1.54, 1.807) is 0 Å². The van der Waals surface area contributed by atoms with Gasteiger partial charge in [0.1, 0.15) is 5.75 Å². The number of rotatable bonds is 4. The van der Waals surface area contributed by atoms with Gasteiger partial charge in [-0.3, -0.25) is 9.38 Å². The van der Waals surface area contributed by atoms with Crippen LogP contribution in [-0.4, -0.2) is 39.0 Å². The normalized spacial score (nSPS) is 23.7. The minimum atomic E-state index is -0.419. The number of aliphatic imine (C=N–C) groups is 1. The molecule has 23 heavy (non-hydrogen) atoms. The Labute approximate surface area is 136 Å². The number of nitrogens with zero attached hydrogens (tertiary/aromatic N) is 1. The van der Waals surface area contributed by atoms with Crippen LogP contribution in [0, 0.1) is 5.41 Å². The second-order valence-electron chi connectivity index (χ2n) is 6.32. The molecule has 0 radical (unpaired) electrons. The van der Waals surface area contributed by atoms with Gasteiger partial charge >= 0.3 is 0 Å². The van der Waals surface area contributed by atoms with Crippen LogP contribution < -0.4 is 15.8 Å². The lowest BCUT2D eigenvalue weighted by atomic mass is 9.82. The van der Waals surface area contributed by atoms with Crippen molar-refractivity contribution in [2.24, 2.45) is 16.1 Å². The lowest BCUT2D eigenvalue weighted by molar-refractivity contribution is 0.00691. The average Bonchev–Trinajstić information content (AvgIpc) is 2.61. The highest BCUT2D eigenvalue weighted by molar-refractivity contribution is 5.78. The molecule has 6 heteroatoms. The van der Waals surface area contributed by atoms with Crippen LogP contribution in [0.4, 0.5) is 4.39 Å². The Morgan fingerprint density at radius 3 is 2.87 bits per heavy atom. The number of halogens is 1. The van der Waals surface area contributed by atoms with Crippen molar-refractivity contribution in [3.63, 3.8) is 0 Å². The molecule has 2 heterocycles. The van der Waals surface area contributed by atoms with Crippen LogP contribution in [-0.2, 0) is 4.74 Å². The first-order chi connectivity index (χ1) is 11.2. The van der Waals surface area contributed by atoms with Gasteiger partial charge in [0.05, 0.1) is 25.9 Å². The van der Waals surface area contributed by atoms with E-state index in [-0.39, 0.29) is 12.7 Å². The summed E-state index contributed by atoms with van der Waals surface area (Å²) < 4.78 is 24.4. The standard InChI is InChI=1S/C17H24FN3O2/c18-11-17(6-9-22-10-7-17)12-20-16(19)21-14-5-8-23-15-4-2-1-3-13(14)15/h1-4,14H,5-12H2,(H3,19,20,21). The number of nitrogens with two attached hydrogens (primary N) is 1. The quantitative estimate of drug-likeness (QED) is 0.659. The Balaban J connectivity index is 1.64. The Morgan fingerprint density at radius 1 is 1.30 bits per heavy atom. The molecule has 1 saturated heterocycles. The van der Waals surface area contributed by atoms with E-state index in [2.05, 4.69) is 10.3 Å². The fourth-order valence-corrected chi connectivity index (χ4v) is 3.11. The van der Waals surface area contributed by atoms with Gasteiger partial charge in [0.25, 0.3) is 0 Å². The maximum atomic E-state index is 13.4. The maximum absolute atomic E-state index is 13.4. The average molecular weight is 321 g/mol. The lowest BCUT2D eigenvalue weighted by Gasteiger charge is -2.33. The van der Waals surface area contributed by atoms with Crippen molar-refractivity contribution in [1.82, 2.24) is 5.32 Å². The highest BCUT2D eigenvalue weighted by Crippen LogP contribution is 2.32. The molecule has 0 spiro atoms. The van der Waals surface area contributed by atoms with Gasteiger partial charge in [-0.05, 0) is 18.9 Å². The molecule has 0 bridgehead atoms. The van der Waals surface area contributed by atoms with Crippen molar-refractivity contribution in [3.05, 3.63) is 29.8 Å². The molecule has 1 unspecified atom stereocenters. The second kappa shape index (κ2) is 7.17. The van der Waals surface area contributed by atoms with Crippen LogP contribution in [0.25, 0.3) is 0 Å². The summed E-state index contributed by atoms with van der Waals surface area (Å²) >= 11 is 0. The summed E-state index contributed by atoms with van der Waals surface area (Å²) in [6.45, 7) is 1.86. The van der Waals surface area contributed by atoms with Crippen molar-refractivity contribution >= 4 is 5.96 Å². The highest BCUT2D eigenvalue weighted by Gasteiger charge is 2.32. The molecule has 1 aromatic carbocycles. The van der Waals surface area contributed by atoms with Crippen LogP contribution in [0.3, 0.4) is 0 Å². The van der Waals surface area contributed by atoms with E-state index in [0.717, 1.165) is 17.7 Å². The molecule has 0 amide bonds. The van der Waals surface area contributed by atoms with Gasteiger partial charge in [-0.1, -0.05) is 18.2 Å². The van der Waals surface area contributed by atoms with Crippen LogP contribution in [0.1, 0.15) is 30.9 Å². The first-order valence-corrected chi connectivity index (χ1v) is 8.14. The summed E-state index contributed by atoms with van der Waals surface area (Å²) in [6.07, 6.45) is 2.22. The Morgan fingerprint density at radius 2 is 2.09 bits per heavy atom. The van der Waals surface area contributed by atoms with E-state index in [9.17, 15) is 4.39 Å². The Bertz CT molecular complexity index is 559. The van der Waals surface area contributed by atoms with E-state index in [1.807, 2.05) is 24.3 Å². The lowest BCUT2D eigenvalue weighted by Crippen LogP contribution is -2.40. The number of ether oxygens (including phenoxy) is 2. The molecule has 126 valence electrons. The smallest absolute Gasteiger partial charge is 0.189 e. The molecule has 3 rings (SSSR count). The van der Waals surface area contributed by atoms with Gasteiger partial charge in [-0.15, -0.1) is 0 Å². The molecule has 0 aliphatic carbocycles. The van der Waals surface area contributed by atoms with E-state index >= 15 is 0 Å². The van der Waals surface area contributed by atoms with Crippen molar-refractivity contribution in [2.45, 2.75) is 25.3 Å². The summed E-state index contributed by atoms with van der Waals surface area (Å²) in [5, 5.41) is 3.25. The highest BCUT2D eigenvalue weighted by atomic mass is 19.1. The van der Waals surface area contributed by atoms with Gasteiger partial charge in [0, 0.05) is 30.6 Å². The summed E-state index contributed by atoms with van der Waals surface area (Å²) in [5.41, 5.74) is 6.70. The third-order valence-electron chi connectivity index (χ3n) is 4.70. The van der Waals surface area contributed by atoms with Gasteiger partial charge in [0.15, 0.2) is 5.96 Å². The molecule has 2 aliphatic heterocycles. The Kier molecular flexibility index (Phi) is 5.00. The van der Waals surface area contributed by atoms with Crippen molar-refractivity contribution in [2.75, 3.05) is 33.0 Å². The number of alkyl halides is 1. The molecule has 3 N–H and O–H groups in total. The number of hydrogen-bond donors (Lipinski definition) is 2. The molecule has 5 nitrogen and oxygen atoms in total. The van der Waals surface area contributed by atoms with E-state index in [1.165, 1.54) is 0 Å². The van der Waals surface area contributed by atoms with Gasteiger partial charge in [-0.25, -0.2) is 0 Å². The molecular weight excluding hydrogens is 297 g/mol. The third-order valence-corrected chi connectivity index (χ3v) is 4.70. The zero-order valence-corrected chi connectivity index (χ0v) is 13.3. The SMILES string of the molecule is NC(=NCC1(CF)CCOCC1)NC1CCOc2ccccc21. The second-order valence-corrected chi connectivity index (χ2v) is 6.32. The predicted molar refractivity (Wildman–Crippen MR) is 87.4 cm³/mol. The maximum Gasteiger partial charge on any atom is 0.189 e. The molecular formula is C17H24FN3O2. The molecule has 1 aromatic rings. The summed E-state index contributed by atoms with van der Waals surface area (Å²) in [7, 11) is 0. The summed E-state index contributed by atoms with van der Waals surface area (Å²) in [6, 6.07) is 8.00. The third kappa shape index (κ3) is 3.75. The minimum Gasteiger partial charge on any atom is -0.493 e. The minimum absolute atomic E-state index is 0.0831. The zero-order chi connectivity index (χ0) is 16.1. The predicted octanol–water partition coefficient (Wildman–Crippen LogP) is 2.18. The fourth-order valence-electron chi connectivity index (χ4n) is 3.11.